The summed E-state index contributed by atoms with van der Waals surface area (Å²) in [4.78, 5) is 11.0. The van der Waals surface area contributed by atoms with E-state index < -0.39 is 12.0 Å². The molecule has 0 amide bonds. The molecule has 19 heavy (non-hydrogen) atoms. The molecule has 1 unspecified atom stereocenters. The van der Waals surface area contributed by atoms with Crippen LogP contribution in [-0.4, -0.2) is 29.8 Å². The smallest absolute Gasteiger partial charge is 0.320 e. The summed E-state index contributed by atoms with van der Waals surface area (Å²) in [5.74, 6) is -0.756. The van der Waals surface area contributed by atoms with Crippen molar-refractivity contribution in [3.63, 3.8) is 0 Å². The molecule has 0 bridgehead atoms. The van der Waals surface area contributed by atoms with Crippen LogP contribution in [0.4, 0.5) is 4.39 Å². The molecule has 1 fully saturated rings. The molecule has 1 aromatic rings. The Bertz CT molecular complexity index is 460. The molecule has 0 spiro atoms. The van der Waals surface area contributed by atoms with E-state index >= 15 is 0 Å². The number of ether oxygens (including phenoxy) is 1. The summed E-state index contributed by atoms with van der Waals surface area (Å²) >= 11 is 0. The highest BCUT2D eigenvalue weighted by Crippen LogP contribution is 2.21. The maximum atomic E-state index is 13.1. The van der Waals surface area contributed by atoms with Crippen LogP contribution < -0.4 is 10.1 Å². The lowest BCUT2D eigenvalue weighted by Gasteiger charge is -2.15. The predicted molar refractivity (Wildman–Crippen MR) is 68.8 cm³/mol. The number of carboxylic acids is 1. The number of rotatable bonds is 7. The number of aryl methyl sites for hydroxylation is 1. The van der Waals surface area contributed by atoms with Gasteiger partial charge in [-0.3, -0.25) is 4.79 Å². The lowest BCUT2D eigenvalue weighted by atomic mass is 10.2. The molecule has 1 aromatic carbocycles. The molecule has 0 saturated heterocycles. The first-order valence-electron chi connectivity index (χ1n) is 6.44. The van der Waals surface area contributed by atoms with Crippen molar-refractivity contribution in [3.05, 3.63) is 29.6 Å². The third-order valence-electron chi connectivity index (χ3n) is 3.13. The number of hydrogen-bond donors (Lipinski definition) is 2. The molecular formula is C14H18FNO3. The highest BCUT2D eigenvalue weighted by atomic mass is 19.1. The first kappa shape index (κ1) is 13.8. The van der Waals surface area contributed by atoms with E-state index in [2.05, 4.69) is 5.32 Å². The van der Waals surface area contributed by atoms with E-state index in [1.54, 1.807) is 6.07 Å². The van der Waals surface area contributed by atoms with E-state index in [0.717, 1.165) is 18.4 Å². The van der Waals surface area contributed by atoms with Crippen LogP contribution in [0, 0.1) is 12.7 Å². The highest BCUT2D eigenvalue weighted by molar-refractivity contribution is 5.73. The minimum Gasteiger partial charge on any atom is -0.493 e. The summed E-state index contributed by atoms with van der Waals surface area (Å²) in [6, 6.07) is 4.07. The molecule has 2 N–H and O–H groups in total. The highest BCUT2D eigenvalue weighted by Gasteiger charge is 2.28. The fraction of sp³-hybridized carbons (Fsp3) is 0.500. The van der Waals surface area contributed by atoms with Crippen LogP contribution in [0.1, 0.15) is 24.8 Å². The van der Waals surface area contributed by atoms with Gasteiger partial charge in [-0.25, -0.2) is 4.39 Å². The standard InChI is InChI=1S/C14H18FNO3/c1-9-2-3-10(15)8-13(9)19-7-6-12(14(17)18)16-11-4-5-11/h2-3,8,11-12,16H,4-7H2,1H3,(H,17,18). The van der Waals surface area contributed by atoms with E-state index in [1.807, 2.05) is 6.92 Å². The van der Waals surface area contributed by atoms with E-state index in [-0.39, 0.29) is 12.4 Å². The van der Waals surface area contributed by atoms with E-state index in [0.29, 0.717) is 18.2 Å². The van der Waals surface area contributed by atoms with Crippen molar-refractivity contribution in [2.45, 2.75) is 38.3 Å². The number of halogens is 1. The minimum absolute atomic E-state index is 0.251. The van der Waals surface area contributed by atoms with Gasteiger partial charge in [0.05, 0.1) is 6.61 Å². The minimum atomic E-state index is -0.869. The molecule has 0 heterocycles. The van der Waals surface area contributed by atoms with Gasteiger partial charge in [-0.2, -0.15) is 0 Å². The summed E-state index contributed by atoms with van der Waals surface area (Å²) in [6.07, 6.45) is 2.43. The Morgan fingerprint density at radius 3 is 2.95 bits per heavy atom. The average Bonchev–Trinajstić information content (AvgIpc) is 3.16. The molecule has 0 aliphatic heterocycles. The number of benzene rings is 1. The average molecular weight is 267 g/mol. The summed E-state index contributed by atoms with van der Waals surface area (Å²) < 4.78 is 18.5. The van der Waals surface area contributed by atoms with Crippen molar-refractivity contribution in [2.75, 3.05) is 6.61 Å². The van der Waals surface area contributed by atoms with Gasteiger partial charge in [0.2, 0.25) is 0 Å². The quantitative estimate of drug-likeness (QED) is 0.794. The number of carboxylic acid groups (broad SMARTS) is 1. The Morgan fingerprint density at radius 2 is 2.32 bits per heavy atom. The number of nitrogens with one attached hydrogen (secondary N) is 1. The van der Waals surface area contributed by atoms with Gasteiger partial charge in [0.15, 0.2) is 0 Å². The zero-order valence-electron chi connectivity index (χ0n) is 10.9. The second kappa shape index (κ2) is 6.02. The van der Waals surface area contributed by atoms with Gasteiger partial charge >= 0.3 is 5.97 Å². The van der Waals surface area contributed by atoms with Gasteiger partial charge < -0.3 is 15.2 Å². The number of carbonyl (C=O) groups is 1. The van der Waals surface area contributed by atoms with Crippen LogP contribution in [0.3, 0.4) is 0 Å². The zero-order chi connectivity index (χ0) is 13.8. The maximum absolute atomic E-state index is 13.1. The van der Waals surface area contributed by atoms with Gasteiger partial charge in [0.25, 0.3) is 0 Å². The molecule has 1 aliphatic rings. The van der Waals surface area contributed by atoms with Crippen molar-refractivity contribution in [3.8, 4) is 5.75 Å². The molecule has 2 rings (SSSR count). The lowest BCUT2D eigenvalue weighted by Crippen LogP contribution is -2.39. The molecule has 4 nitrogen and oxygen atoms in total. The van der Waals surface area contributed by atoms with Crippen molar-refractivity contribution in [1.29, 1.82) is 0 Å². The third-order valence-corrected chi connectivity index (χ3v) is 3.13. The summed E-state index contributed by atoms with van der Waals surface area (Å²) in [5.41, 5.74) is 0.837. The molecule has 104 valence electrons. The van der Waals surface area contributed by atoms with Gasteiger partial charge in [0.1, 0.15) is 17.6 Å². The van der Waals surface area contributed by atoms with Gasteiger partial charge in [0, 0.05) is 18.5 Å². The second-order valence-corrected chi connectivity index (χ2v) is 4.88. The SMILES string of the molecule is Cc1ccc(F)cc1OCCC(NC1CC1)C(=O)O. The van der Waals surface area contributed by atoms with Crippen LogP contribution in [0.5, 0.6) is 5.75 Å². The van der Waals surface area contributed by atoms with E-state index in [4.69, 9.17) is 9.84 Å². The first-order chi connectivity index (χ1) is 9.06. The first-order valence-corrected chi connectivity index (χ1v) is 6.44. The third kappa shape index (κ3) is 4.21. The summed E-state index contributed by atoms with van der Waals surface area (Å²) in [7, 11) is 0. The fourth-order valence-electron chi connectivity index (χ4n) is 1.83. The fourth-order valence-corrected chi connectivity index (χ4v) is 1.83. The second-order valence-electron chi connectivity index (χ2n) is 4.88. The van der Waals surface area contributed by atoms with Gasteiger partial charge in [-0.1, -0.05) is 6.07 Å². The molecule has 0 aromatic heterocycles. The Hall–Kier alpha value is -1.62. The number of aliphatic carboxylic acids is 1. The van der Waals surface area contributed by atoms with Crippen LogP contribution in [0.15, 0.2) is 18.2 Å². The number of hydrogen-bond acceptors (Lipinski definition) is 3. The van der Waals surface area contributed by atoms with Crippen molar-refractivity contribution >= 4 is 5.97 Å². The maximum Gasteiger partial charge on any atom is 0.320 e. The van der Waals surface area contributed by atoms with Crippen molar-refractivity contribution in [1.82, 2.24) is 5.32 Å². The topological polar surface area (TPSA) is 58.6 Å². The predicted octanol–water partition coefficient (Wildman–Crippen LogP) is 2.11. The monoisotopic (exact) mass is 267 g/mol. The van der Waals surface area contributed by atoms with Crippen LogP contribution in [-0.2, 0) is 4.79 Å². The molecule has 5 heteroatoms. The zero-order valence-corrected chi connectivity index (χ0v) is 10.9. The Kier molecular flexibility index (Phi) is 4.37. The molecule has 1 aliphatic carbocycles. The Balaban J connectivity index is 1.83. The molecule has 0 radical (unpaired) electrons. The van der Waals surface area contributed by atoms with Crippen molar-refractivity contribution in [2.24, 2.45) is 0 Å². The molecule has 1 saturated carbocycles. The van der Waals surface area contributed by atoms with Gasteiger partial charge in [-0.15, -0.1) is 0 Å². The van der Waals surface area contributed by atoms with Crippen LogP contribution in [0.2, 0.25) is 0 Å². The van der Waals surface area contributed by atoms with E-state index in [1.165, 1.54) is 12.1 Å². The van der Waals surface area contributed by atoms with E-state index in [9.17, 15) is 9.18 Å². The normalized spacial score (nSPS) is 16.1. The molecule has 1 atom stereocenters. The molecular weight excluding hydrogens is 249 g/mol. The Labute approximate surface area is 111 Å². The van der Waals surface area contributed by atoms with Crippen molar-refractivity contribution < 1.29 is 19.0 Å². The Morgan fingerprint density at radius 1 is 1.58 bits per heavy atom. The van der Waals surface area contributed by atoms with Crippen LogP contribution in [0.25, 0.3) is 0 Å². The van der Waals surface area contributed by atoms with Crippen LogP contribution >= 0.6 is 0 Å². The summed E-state index contributed by atoms with van der Waals surface area (Å²) in [6.45, 7) is 2.08. The lowest BCUT2D eigenvalue weighted by molar-refractivity contribution is -0.139. The summed E-state index contributed by atoms with van der Waals surface area (Å²) in [5, 5.41) is 12.1. The van der Waals surface area contributed by atoms with Gasteiger partial charge in [-0.05, 0) is 31.4 Å². The largest absolute Gasteiger partial charge is 0.493 e.